The average molecular weight is 295 g/mol. The Kier molecular flexibility index (Phi) is 3.15. The van der Waals surface area contributed by atoms with Gasteiger partial charge in [0.2, 0.25) is 0 Å². The molecule has 0 radical (unpaired) electrons. The van der Waals surface area contributed by atoms with Crippen LogP contribution in [0.15, 0.2) is 36.8 Å². The molecule has 2 unspecified atom stereocenters. The van der Waals surface area contributed by atoms with Gasteiger partial charge in [-0.2, -0.15) is 0 Å². The molecule has 3 heterocycles. The van der Waals surface area contributed by atoms with E-state index in [1.807, 2.05) is 12.5 Å². The summed E-state index contributed by atoms with van der Waals surface area (Å²) in [5.74, 6) is 0.638. The Morgan fingerprint density at radius 1 is 1.32 bits per heavy atom. The summed E-state index contributed by atoms with van der Waals surface area (Å²) in [6.07, 6.45) is 6.62. The Balaban J connectivity index is 1.55. The zero-order valence-electron chi connectivity index (χ0n) is 13.8. The van der Waals surface area contributed by atoms with Gasteiger partial charge in [-0.25, -0.2) is 4.98 Å². The third-order valence-electron chi connectivity index (χ3n) is 5.57. The van der Waals surface area contributed by atoms with Crippen molar-refractivity contribution < 1.29 is 0 Å². The lowest BCUT2D eigenvalue weighted by atomic mass is 9.75. The van der Waals surface area contributed by atoms with Crippen LogP contribution in [-0.2, 0) is 0 Å². The van der Waals surface area contributed by atoms with Gasteiger partial charge in [-0.15, -0.1) is 0 Å². The monoisotopic (exact) mass is 295 g/mol. The molecule has 3 heteroatoms. The molecule has 4 rings (SSSR count). The number of benzene rings is 1. The van der Waals surface area contributed by atoms with Gasteiger partial charge < -0.3 is 9.47 Å². The van der Waals surface area contributed by atoms with Crippen molar-refractivity contribution >= 4 is 0 Å². The number of aromatic nitrogens is 2. The van der Waals surface area contributed by atoms with Crippen LogP contribution in [0.4, 0.5) is 0 Å². The molecule has 22 heavy (non-hydrogen) atoms. The predicted molar refractivity (Wildman–Crippen MR) is 89.8 cm³/mol. The maximum atomic E-state index is 4.38. The fourth-order valence-corrected chi connectivity index (χ4v) is 4.60. The number of likely N-dealkylation sites (tertiary alicyclic amines) is 1. The molecule has 0 N–H and O–H groups in total. The average Bonchev–Trinajstić information content (AvgIpc) is 3.03. The standard InChI is InChI=1S/C19H25N3/c1-14(8-9-19(2)11-21(3)12-19)18-16-7-5-4-6-15(16)17-10-20-13-22(17)18/h4-7,10,13-14,18H,8-9,11-12H2,1-3H3. The predicted octanol–water partition coefficient (Wildman–Crippen LogP) is 3.82. The van der Waals surface area contributed by atoms with Crippen molar-refractivity contribution in [3.05, 3.63) is 42.4 Å². The normalized spacial score (nSPS) is 23.7. The molecule has 0 bridgehead atoms. The second-order valence-corrected chi connectivity index (χ2v) is 7.72. The van der Waals surface area contributed by atoms with E-state index in [-0.39, 0.29) is 0 Å². The Morgan fingerprint density at radius 2 is 2.09 bits per heavy atom. The van der Waals surface area contributed by atoms with Crippen molar-refractivity contribution in [1.82, 2.24) is 14.5 Å². The van der Waals surface area contributed by atoms with Crippen LogP contribution in [0.2, 0.25) is 0 Å². The van der Waals surface area contributed by atoms with E-state index in [9.17, 15) is 0 Å². The first-order valence-corrected chi connectivity index (χ1v) is 8.37. The first-order valence-electron chi connectivity index (χ1n) is 8.37. The third kappa shape index (κ3) is 2.11. The summed E-state index contributed by atoms with van der Waals surface area (Å²) in [7, 11) is 2.22. The summed E-state index contributed by atoms with van der Waals surface area (Å²) in [5.41, 5.74) is 4.65. The number of hydrogen-bond acceptors (Lipinski definition) is 2. The lowest BCUT2D eigenvalue weighted by Gasteiger charge is -2.47. The van der Waals surface area contributed by atoms with E-state index in [1.54, 1.807) is 0 Å². The molecule has 2 aliphatic heterocycles. The van der Waals surface area contributed by atoms with Gasteiger partial charge in [0.1, 0.15) is 0 Å². The number of rotatable bonds is 4. The van der Waals surface area contributed by atoms with E-state index < -0.39 is 0 Å². The molecule has 3 nitrogen and oxygen atoms in total. The molecular weight excluding hydrogens is 270 g/mol. The van der Waals surface area contributed by atoms with Gasteiger partial charge in [0.15, 0.2) is 0 Å². The molecule has 2 aliphatic rings. The minimum atomic E-state index is 0.454. The summed E-state index contributed by atoms with van der Waals surface area (Å²) in [5, 5.41) is 0. The largest absolute Gasteiger partial charge is 0.323 e. The van der Waals surface area contributed by atoms with E-state index in [1.165, 1.54) is 42.8 Å². The van der Waals surface area contributed by atoms with Crippen molar-refractivity contribution in [2.75, 3.05) is 20.1 Å². The maximum Gasteiger partial charge on any atom is 0.0956 e. The Hall–Kier alpha value is -1.61. The molecular formula is C19H25N3. The first kappa shape index (κ1) is 14.0. The van der Waals surface area contributed by atoms with Crippen LogP contribution in [0.25, 0.3) is 11.3 Å². The van der Waals surface area contributed by atoms with Gasteiger partial charge in [0.05, 0.1) is 24.3 Å². The molecule has 116 valence electrons. The quantitative estimate of drug-likeness (QED) is 0.855. The summed E-state index contributed by atoms with van der Waals surface area (Å²) in [6.45, 7) is 7.34. The van der Waals surface area contributed by atoms with Crippen LogP contribution in [-0.4, -0.2) is 34.6 Å². The van der Waals surface area contributed by atoms with Crippen LogP contribution in [0.1, 0.15) is 38.3 Å². The highest BCUT2D eigenvalue weighted by Gasteiger charge is 2.38. The lowest BCUT2D eigenvalue weighted by molar-refractivity contribution is 0.0254. The van der Waals surface area contributed by atoms with Gasteiger partial charge in [0.25, 0.3) is 0 Å². The molecule has 1 aromatic carbocycles. The van der Waals surface area contributed by atoms with E-state index in [0.29, 0.717) is 17.4 Å². The number of hydrogen-bond donors (Lipinski definition) is 0. The van der Waals surface area contributed by atoms with Crippen molar-refractivity contribution in [3.8, 4) is 11.3 Å². The van der Waals surface area contributed by atoms with Gasteiger partial charge in [-0.3, -0.25) is 0 Å². The molecule has 0 spiro atoms. The molecule has 1 aromatic heterocycles. The fourth-order valence-electron chi connectivity index (χ4n) is 4.60. The minimum Gasteiger partial charge on any atom is -0.323 e. The van der Waals surface area contributed by atoms with Crippen LogP contribution >= 0.6 is 0 Å². The zero-order valence-corrected chi connectivity index (χ0v) is 13.8. The number of nitrogens with zero attached hydrogens (tertiary/aromatic N) is 3. The number of fused-ring (bicyclic) bond motifs is 3. The van der Waals surface area contributed by atoms with E-state index in [0.717, 1.165) is 0 Å². The maximum absolute atomic E-state index is 4.38. The first-order chi connectivity index (χ1) is 10.6. The topological polar surface area (TPSA) is 21.1 Å². The van der Waals surface area contributed by atoms with Crippen LogP contribution in [0, 0.1) is 11.3 Å². The van der Waals surface area contributed by atoms with Crippen molar-refractivity contribution in [1.29, 1.82) is 0 Å². The van der Waals surface area contributed by atoms with Crippen LogP contribution in [0.3, 0.4) is 0 Å². The van der Waals surface area contributed by atoms with Crippen LogP contribution < -0.4 is 0 Å². The van der Waals surface area contributed by atoms with Gasteiger partial charge in [-0.1, -0.05) is 38.1 Å². The van der Waals surface area contributed by atoms with Gasteiger partial charge in [-0.05, 0) is 36.8 Å². The summed E-state index contributed by atoms with van der Waals surface area (Å²) in [4.78, 5) is 6.80. The van der Waals surface area contributed by atoms with Crippen LogP contribution in [0.5, 0.6) is 0 Å². The van der Waals surface area contributed by atoms with Crippen molar-refractivity contribution in [2.24, 2.45) is 11.3 Å². The Labute approximate surface area is 133 Å². The number of imidazole rings is 1. The fraction of sp³-hybridized carbons (Fsp3) is 0.526. The molecule has 1 fully saturated rings. The zero-order chi connectivity index (χ0) is 15.3. The molecule has 0 aliphatic carbocycles. The SMILES string of the molecule is CC(CCC1(C)CN(C)C1)C1c2ccccc2-c2cncn21. The molecule has 0 amide bonds. The summed E-state index contributed by atoms with van der Waals surface area (Å²) >= 11 is 0. The Bertz CT molecular complexity index is 681. The van der Waals surface area contributed by atoms with E-state index >= 15 is 0 Å². The second kappa shape index (κ2) is 4.95. The van der Waals surface area contributed by atoms with Crippen molar-refractivity contribution in [3.63, 3.8) is 0 Å². The molecule has 2 atom stereocenters. The lowest BCUT2D eigenvalue weighted by Crippen LogP contribution is -2.52. The van der Waals surface area contributed by atoms with E-state index in [4.69, 9.17) is 0 Å². The Morgan fingerprint density at radius 3 is 2.86 bits per heavy atom. The third-order valence-corrected chi connectivity index (χ3v) is 5.57. The smallest absolute Gasteiger partial charge is 0.0956 e. The van der Waals surface area contributed by atoms with E-state index in [2.05, 4.69) is 59.6 Å². The molecule has 2 aromatic rings. The highest BCUT2D eigenvalue weighted by Crippen LogP contribution is 2.45. The minimum absolute atomic E-state index is 0.454. The van der Waals surface area contributed by atoms with Crippen molar-refractivity contribution in [2.45, 2.75) is 32.7 Å². The summed E-state index contributed by atoms with van der Waals surface area (Å²) in [6, 6.07) is 9.28. The second-order valence-electron chi connectivity index (χ2n) is 7.72. The molecule has 1 saturated heterocycles. The van der Waals surface area contributed by atoms with Gasteiger partial charge in [0, 0.05) is 18.7 Å². The molecule has 0 saturated carbocycles. The van der Waals surface area contributed by atoms with Gasteiger partial charge >= 0.3 is 0 Å². The summed E-state index contributed by atoms with van der Waals surface area (Å²) < 4.78 is 2.38. The highest BCUT2D eigenvalue weighted by molar-refractivity contribution is 5.69. The highest BCUT2D eigenvalue weighted by atomic mass is 15.2.